The summed E-state index contributed by atoms with van der Waals surface area (Å²) in [6.45, 7) is 3.58. The van der Waals surface area contributed by atoms with Crippen molar-refractivity contribution in [2.75, 3.05) is 19.7 Å². The van der Waals surface area contributed by atoms with Gasteiger partial charge in [0.05, 0.1) is 6.61 Å². The Balaban J connectivity index is 2.11. The molecule has 0 fully saturated rings. The summed E-state index contributed by atoms with van der Waals surface area (Å²) in [6, 6.07) is 8.90. The van der Waals surface area contributed by atoms with Crippen LogP contribution in [0.5, 0.6) is 11.5 Å². The number of carbonyl (C=O) groups is 1. The average molecular weight is 315 g/mol. The van der Waals surface area contributed by atoms with Crippen molar-refractivity contribution in [2.45, 2.75) is 13.5 Å². The minimum Gasteiger partial charge on any atom is -0.490 e. The molecule has 122 valence electrons. The average Bonchev–Trinajstić information content (AvgIpc) is 2.59. The number of nitrogens with two attached hydrogens (primary N) is 1. The Morgan fingerprint density at radius 1 is 1.26 bits per heavy atom. The van der Waals surface area contributed by atoms with E-state index in [-0.39, 0.29) is 5.91 Å². The standard InChI is InChI=1S/C17H21N3O3/c1-2-22-16-10-14(17(21)20-9-7-18)5-6-15(16)23-12-13-4-3-8-19-11-13/h3-6,8,10-11H,2,7,9,12,18H2,1H3,(H,20,21). The van der Waals surface area contributed by atoms with E-state index >= 15 is 0 Å². The molecule has 6 heteroatoms. The maximum Gasteiger partial charge on any atom is 0.251 e. The number of benzene rings is 1. The third kappa shape index (κ3) is 4.96. The molecule has 0 aliphatic heterocycles. The molecule has 1 heterocycles. The van der Waals surface area contributed by atoms with E-state index < -0.39 is 0 Å². The lowest BCUT2D eigenvalue weighted by Crippen LogP contribution is -2.28. The lowest BCUT2D eigenvalue weighted by molar-refractivity contribution is 0.0954. The lowest BCUT2D eigenvalue weighted by Gasteiger charge is -2.13. The highest BCUT2D eigenvalue weighted by molar-refractivity contribution is 5.94. The van der Waals surface area contributed by atoms with E-state index in [1.54, 1.807) is 30.6 Å². The zero-order chi connectivity index (χ0) is 16.5. The fourth-order valence-corrected chi connectivity index (χ4v) is 1.97. The third-order valence-corrected chi connectivity index (χ3v) is 3.05. The van der Waals surface area contributed by atoms with Crippen LogP contribution in [0.2, 0.25) is 0 Å². The van der Waals surface area contributed by atoms with Gasteiger partial charge < -0.3 is 20.5 Å². The molecule has 2 rings (SSSR count). The molecular formula is C17H21N3O3. The van der Waals surface area contributed by atoms with Gasteiger partial charge >= 0.3 is 0 Å². The van der Waals surface area contributed by atoms with Crippen LogP contribution in [-0.2, 0) is 6.61 Å². The first-order chi connectivity index (χ1) is 11.2. The number of amides is 1. The molecule has 1 aromatic carbocycles. The molecule has 0 radical (unpaired) electrons. The van der Waals surface area contributed by atoms with Crippen LogP contribution in [0.25, 0.3) is 0 Å². The van der Waals surface area contributed by atoms with E-state index in [0.717, 1.165) is 5.56 Å². The smallest absolute Gasteiger partial charge is 0.251 e. The number of carbonyl (C=O) groups excluding carboxylic acids is 1. The van der Waals surface area contributed by atoms with Crippen molar-refractivity contribution in [3.05, 3.63) is 53.9 Å². The van der Waals surface area contributed by atoms with Gasteiger partial charge in [-0.3, -0.25) is 9.78 Å². The van der Waals surface area contributed by atoms with Crippen LogP contribution in [0.4, 0.5) is 0 Å². The minimum atomic E-state index is -0.185. The molecule has 0 saturated heterocycles. The molecule has 0 aliphatic carbocycles. The van der Waals surface area contributed by atoms with Gasteiger partial charge in [0.1, 0.15) is 6.61 Å². The van der Waals surface area contributed by atoms with Crippen molar-refractivity contribution >= 4 is 5.91 Å². The zero-order valence-electron chi connectivity index (χ0n) is 13.1. The van der Waals surface area contributed by atoms with Crippen molar-refractivity contribution < 1.29 is 14.3 Å². The normalized spacial score (nSPS) is 10.2. The van der Waals surface area contributed by atoms with E-state index in [9.17, 15) is 4.79 Å². The predicted molar refractivity (Wildman–Crippen MR) is 87.6 cm³/mol. The van der Waals surface area contributed by atoms with Crippen molar-refractivity contribution in [3.63, 3.8) is 0 Å². The number of hydrogen-bond donors (Lipinski definition) is 2. The van der Waals surface area contributed by atoms with E-state index in [4.69, 9.17) is 15.2 Å². The maximum absolute atomic E-state index is 12.0. The predicted octanol–water partition coefficient (Wildman–Crippen LogP) is 1.75. The molecule has 3 N–H and O–H groups in total. The van der Waals surface area contributed by atoms with Crippen LogP contribution in [0.15, 0.2) is 42.7 Å². The maximum atomic E-state index is 12.0. The summed E-state index contributed by atoms with van der Waals surface area (Å²) in [4.78, 5) is 16.0. The van der Waals surface area contributed by atoms with E-state index in [0.29, 0.717) is 43.4 Å². The van der Waals surface area contributed by atoms with Crippen molar-refractivity contribution in [1.29, 1.82) is 0 Å². The Kier molecular flexibility index (Phi) is 6.38. The van der Waals surface area contributed by atoms with Crippen LogP contribution in [-0.4, -0.2) is 30.6 Å². The second-order valence-corrected chi connectivity index (χ2v) is 4.79. The summed E-state index contributed by atoms with van der Waals surface area (Å²) in [6.07, 6.45) is 3.46. The quantitative estimate of drug-likeness (QED) is 0.775. The summed E-state index contributed by atoms with van der Waals surface area (Å²) in [5.74, 6) is 0.943. The number of ether oxygens (including phenoxy) is 2. The molecule has 1 aromatic heterocycles. The number of aromatic nitrogens is 1. The molecule has 0 saturated carbocycles. The molecule has 23 heavy (non-hydrogen) atoms. The highest BCUT2D eigenvalue weighted by atomic mass is 16.5. The summed E-state index contributed by atoms with van der Waals surface area (Å²) in [7, 11) is 0. The summed E-state index contributed by atoms with van der Waals surface area (Å²) < 4.78 is 11.4. The number of nitrogens with zero attached hydrogens (tertiary/aromatic N) is 1. The molecule has 0 atom stereocenters. The third-order valence-electron chi connectivity index (χ3n) is 3.05. The first-order valence-electron chi connectivity index (χ1n) is 7.51. The lowest BCUT2D eigenvalue weighted by atomic mass is 10.2. The van der Waals surface area contributed by atoms with Crippen LogP contribution in [0, 0.1) is 0 Å². The second kappa shape index (κ2) is 8.75. The van der Waals surface area contributed by atoms with Gasteiger partial charge in [-0.25, -0.2) is 0 Å². The SMILES string of the molecule is CCOc1cc(C(=O)NCCN)ccc1OCc1cccnc1. The number of hydrogen-bond acceptors (Lipinski definition) is 5. The Morgan fingerprint density at radius 2 is 2.13 bits per heavy atom. The number of pyridine rings is 1. The first kappa shape index (κ1) is 16.8. The van der Waals surface area contributed by atoms with Crippen LogP contribution >= 0.6 is 0 Å². The van der Waals surface area contributed by atoms with Gasteiger partial charge in [-0.2, -0.15) is 0 Å². The summed E-state index contributed by atoms with van der Waals surface area (Å²) >= 11 is 0. The van der Waals surface area contributed by atoms with Crippen molar-refractivity contribution in [2.24, 2.45) is 5.73 Å². The summed E-state index contributed by atoms with van der Waals surface area (Å²) in [5, 5.41) is 2.73. The van der Waals surface area contributed by atoms with Gasteiger partial charge in [0.15, 0.2) is 11.5 Å². The molecule has 0 spiro atoms. The van der Waals surface area contributed by atoms with Crippen molar-refractivity contribution in [3.8, 4) is 11.5 Å². The highest BCUT2D eigenvalue weighted by Gasteiger charge is 2.11. The van der Waals surface area contributed by atoms with E-state index in [2.05, 4.69) is 10.3 Å². The van der Waals surface area contributed by atoms with Gasteiger partial charge in [-0.15, -0.1) is 0 Å². The fraction of sp³-hybridized carbons (Fsp3) is 0.294. The van der Waals surface area contributed by atoms with Gasteiger partial charge in [0, 0.05) is 36.6 Å². The second-order valence-electron chi connectivity index (χ2n) is 4.79. The molecule has 0 unspecified atom stereocenters. The first-order valence-corrected chi connectivity index (χ1v) is 7.51. The Morgan fingerprint density at radius 3 is 2.83 bits per heavy atom. The zero-order valence-corrected chi connectivity index (χ0v) is 13.1. The molecule has 6 nitrogen and oxygen atoms in total. The number of nitrogens with one attached hydrogen (secondary N) is 1. The Bertz CT molecular complexity index is 632. The van der Waals surface area contributed by atoms with Gasteiger partial charge in [0.25, 0.3) is 5.91 Å². The number of rotatable bonds is 8. The van der Waals surface area contributed by atoms with Crippen LogP contribution < -0.4 is 20.5 Å². The van der Waals surface area contributed by atoms with Gasteiger partial charge in [-0.05, 0) is 31.2 Å². The van der Waals surface area contributed by atoms with Crippen LogP contribution in [0.1, 0.15) is 22.8 Å². The van der Waals surface area contributed by atoms with Gasteiger partial charge in [0.2, 0.25) is 0 Å². The van der Waals surface area contributed by atoms with E-state index in [1.165, 1.54) is 0 Å². The largest absolute Gasteiger partial charge is 0.490 e. The Labute approximate surface area is 135 Å². The molecular weight excluding hydrogens is 294 g/mol. The molecule has 1 amide bonds. The van der Waals surface area contributed by atoms with Gasteiger partial charge in [-0.1, -0.05) is 6.07 Å². The van der Waals surface area contributed by atoms with E-state index in [1.807, 2.05) is 19.1 Å². The summed E-state index contributed by atoms with van der Waals surface area (Å²) in [5.41, 5.74) is 6.85. The Hall–Kier alpha value is -2.60. The highest BCUT2D eigenvalue weighted by Crippen LogP contribution is 2.29. The van der Waals surface area contributed by atoms with Crippen molar-refractivity contribution in [1.82, 2.24) is 10.3 Å². The monoisotopic (exact) mass is 315 g/mol. The molecule has 0 bridgehead atoms. The fourth-order valence-electron chi connectivity index (χ4n) is 1.97. The van der Waals surface area contributed by atoms with Crippen LogP contribution in [0.3, 0.4) is 0 Å². The molecule has 0 aliphatic rings. The minimum absolute atomic E-state index is 0.185. The molecule has 2 aromatic rings. The topological polar surface area (TPSA) is 86.5 Å².